The van der Waals surface area contributed by atoms with Crippen molar-refractivity contribution in [3.63, 3.8) is 0 Å². The zero-order chi connectivity index (χ0) is 60.7. The highest BCUT2D eigenvalue weighted by Crippen LogP contribution is 2.34. The number of hydrogen-bond donors (Lipinski definition) is 6. The number of carboxylic acid groups (broad SMARTS) is 2. The molecule has 9 aromatic carbocycles. The van der Waals surface area contributed by atoms with Crippen molar-refractivity contribution in [3.8, 4) is 51.5 Å². The minimum absolute atomic E-state index is 0.0301. The zero-order valence-electron chi connectivity index (χ0n) is 46.2. The van der Waals surface area contributed by atoms with Gasteiger partial charge in [0.15, 0.2) is 5.69 Å². The molecule has 6 aromatic heterocycles. The fourth-order valence-electron chi connectivity index (χ4n) is 8.97. The molecule has 0 atom stereocenters. The average molecular weight is 1150 g/mol. The van der Waals surface area contributed by atoms with Crippen LogP contribution in [0.25, 0.3) is 94.4 Å². The standard InChI is InChI=1S/C19H14N2O.C14H12N2O.C12H8N2O.C10H7NO2.C8H6N2O.C5H4N2O2/c22-18-13-7-4-10-15(18)19-20-16-11-5-6-12-17(16)21(19)14-8-2-1-3-9-14;1-16-12-8-4-3-7-11(12)15-14(16)10-6-2-5-9-13(10)17;15-11-7-3-6-10-12(11)14-9-5-2-1-4-8(9)13-10;12-10(13)9-5-7-3-1-2-4-8(7)6-11-9;11-7-3-1-2-6-8(7)10-5-4-9-6;8-5(9)4-3-6-1-2-7-4/h1-13,22H;2-9,17H,1H3;1-7,15H;1-6H,(H,12,13);1-5,11H;1-3H,(H,8,9). The number of benzene rings is 9. The van der Waals surface area contributed by atoms with Crippen molar-refractivity contribution < 1.29 is 40.2 Å². The molecular formula is C68H51N11O8. The summed E-state index contributed by atoms with van der Waals surface area (Å²) < 4.78 is 4.06. The molecule has 15 aromatic rings. The molecule has 87 heavy (non-hydrogen) atoms. The number of carbonyl (C=O) groups is 2. The predicted molar refractivity (Wildman–Crippen MR) is 334 cm³/mol. The summed E-state index contributed by atoms with van der Waals surface area (Å²) in [7, 11) is 1.96. The second-order valence-electron chi connectivity index (χ2n) is 18.8. The van der Waals surface area contributed by atoms with Crippen LogP contribution in [0.15, 0.2) is 256 Å². The molecule has 0 spiro atoms. The molecule has 19 nitrogen and oxygen atoms in total. The number of imidazole rings is 2. The smallest absolute Gasteiger partial charge is 0.356 e. The van der Waals surface area contributed by atoms with Gasteiger partial charge in [0.05, 0.1) is 61.5 Å². The van der Waals surface area contributed by atoms with Crippen LogP contribution in [0, 0.1) is 0 Å². The Balaban J connectivity index is 0.000000118. The van der Waals surface area contributed by atoms with Gasteiger partial charge in [0.1, 0.15) is 51.4 Å². The second kappa shape index (κ2) is 27.0. The molecular weight excluding hydrogens is 1100 g/mol. The molecule has 19 heteroatoms. The summed E-state index contributed by atoms with van der Waals surface area (Å²) in [6.07, 6.45) is 8.68. The van der Waals surface area contributed by atoms with E-state index >= 15 is 0 Å². The summed E-state index contributed by atoms with van der Waals surface area (Å²) >= 11 is 0. The van der Waals surface area contributed by atoms with Gasteiger partial charge in [-0.15, -0.1) is 0 Å². The number of rotatable bonds is 5. The van der Waals surface area contributed by atoms with Gasteiger partial charge in [-0.05, 0) is 109 Å². The normalized spacial score (nSPS) is 10.5. The van der Waals surface area contributed by atoms with E-state index < -0.39 is 11.9 Å². The first-order chi connectivity index (χ1) is 42.4. The van der Waals surface area contributed by atoms with Crippen LogP contribution in [-0.2, 0) is 7.05 Å². The summed E-state index contributed by atoms with van der Waals surface area (Å²) in [5, 5.41) is 57.8. The van der Waals surface area contributed by atoms with Gasteiger partial charge >= 0.3 is 11.9 Å². The molecule has 0 amide bonds. The van der Waals surface area contributed by atoms with Gasteiger partial charge in [-0.1, -0.05) is 115 Å². The number of nitrogens with zero attached hydrogens (tertiary/aromatic N) is 11. The Morgan fingerprint density at radius 1 is 0.368 bits per heavy atom. The van der Waals surface area contributed by atoms with E-state index in [1.54, 1.807) is 61.1 Å². The molecule has 426 valence electrons. The Bertz CT molecular complexity index is 4870. The number of fused-ring (bicyclic) bond motifs is 6. The van der Waals surface area contributed by atoms with Crippen LogP contribution in [0.3, 0.4) is 0 Å². The lowest BCUT2D eigenvalue weighted by atomic mass is 10.1. The number of aryl methyl sites for hydroxylation is 1. The third kappa shape index (κ3) is 13.7. The van der Waals surface area contributed by atoms with E-state index in [1.165, 1.54) is 18.6 Å². The van der Waals surface area contributed by atoms with Crippen LogP contribution < -0.4 is 0 Å². The monoisotopic (exact) mass is 1150 g/mol. The molecule has 0 fully saturated rings. The minimum atomic E-state index is -1.05. The number of aromatic nitrogens is 11. The summed E-state index contributed by atoms with van der Waals surface area (Å²) in [5.74, 6) is 0.311. The number of pyridine rings is 1. The van der Waals surface area contributed by atoms with Gasteiger partial charge in [0.25, 0.3) is 0 Å². The van der Waals surface area contributed by atoms with Crippen molar-refractivity contribution in [3.05, 3.63) is 267 Å². The zero-order valence-corrected chi connectivity index (χ0v) is 46.2. The number of phenols is 4. The van der Waals surface area contributed by atoms with E-state index in [2.05, 4.69) is 44.4 Å². The third-order valence-corrected chi connectivity index (χ3v) is 13.1. The van der Waals surface area contributed by atoms with Gasteiger partial charge in [-0.2, -0.15) is 0 Å². The van der Waals surface area contributed by atoms with E-state index in [0.29, 0.717) is 22.1 Å². The van der Waals surface area contributed by atoms with Gasteiger partial charge in [-0.25, -0.2) is 44.5 Å². The van der Waals surface area contributed by atoms with Crippen LogP contribution in [-0.4, -0.2) is 96.6 Å². The van der Waals surface area contributed by atoms with Crippen molar-refractivity contribution in [2.75, 3.05) is 0 Å². The Morgan fingerprint density at radius 2 is 0.862 bits per heavy atom. The maximum absolute atomic E-state index is 10.6. The molecule has 0 saturated carbocycles. The lowest BCUT2D eigenvalue weighted by Crippen LogP contribution is -1.99. The molecule has 15 rings (SSSR count). The SMILES string of the molecule is Cn1c(-c2ccccc2O)nc2ccccc21.O=C(O)c1cc2ccccc2cn1.O=C(O)c1cnccn1.Oc1cccc2nc3ccccc3nc12.Oc1cccc2nccnc12.Oc1ccccc1-c1nc2ccccc2n1-c1ccccc1. The number of carboxylic acids is 2. The summed E-state index contributed by atoms with van der Waals surface area (Å²) in [6.45, 7) is 0. The summed E-state index contributed by atoms with van der Waals surface area (Å²) in [6, 6.07) is 67.6. The Kier molecular flexibility index (Phi) is 17.9. The molecule has 0 aliphatic heterocycles. The summed E-state index contributed by atoms with van der Waals surface area (Å²) in [5.41, 5.74) is 10.7. The third-order valence-electron chi connectivity index (χ3n) is 13.1. The van der Waals surface area contributed by atoms with Gasteiger partial charge in [0.2, 0.25) is 0 Å². The fraction of sp³-hybridized carbons (Fsp3) is 0.0147. The van der Waals surface area contributed by atoms with Crippen molar-refractivity contribution in [1.29, 1.82) is 0 Å². The molecule has 6 heterocycles. The van der Waals surface area contributed by atoms with Crippen molar-refractivity contribution in [2.45, 2.75) is 0 Å². The Labute approximate surface area is 495 Å². The van der Waals surface area contributed by atoms with Crippen LogP contribution in [0.1, 0.15) is 21.0 Å². The van der Waals surface area contributed by atoms with Crippen molar-refractivity contribution in [2.24, 2.45) is 7.05 Å². The first-order valence-electron chi connectivity index (χ1n) is 26.7. The highest BCUT2D eigenvalue weighted by Gasteiger charge is 2.17. The predicted octanol–water partition coefficient (Wildman–Crippen LogP) is 13.3. The van der Waals surface area contributed by atoms with Gasteiger partial charge in [-0.3, -0.25) is 14.5 Å². The highest BCUT2D eigenvalue weighted by atomic mass is 16.4. The van der Waals surface area contributed by atoms with Crippen LogP contribution >= 0.6 is 0 Å². The first-order valence-corrected chi connectivity index (χ1v) is 26.7. The molecule has 0 unspecified atom stereocenters. The lowest BCUT2D eigenvalue weighted by Gasteiger charge is -2.10. The number of para-hydroxylation sites is 11. The van der Waals surface area contributed by atoms with Crippen molar-refractivity contribution in [1.82, 2.24) is 54.0 Å². The number of phenolic OH excluding ortho intramolecular Hbond substituents is 4. The number of aromatic carboxylic acids is 2. The van der Waals surface area contributed by atoms with E-state index in [-0.39, 0.29) is 34.4 Å². The van der Waals surface area contributed by atoms with Crippen LogP contribution in [0.5, 0.6) is 23.0 Å². The quantitative estimate of drug-likeness (QED) is 0.0874. The molecule has 0 bridgehead atoms. The fourth-order valence-corrected chi connectivity index (χ4v) is 8.97. The van der Waals surface area contributed by atoms with Crippen molar-refractivity contribution >= 4 is 77.9 Å². The number of aromatic hydroxyl groups is 4. The highest BCUT2D eigenvalue weighted by molar-refractivity contribution is 5.92. The van der Waals surface area contributed by atoms with Gasteiger partial charge < -0.3 is 35.2 Å². The van der Waals surface area contributed by atoms with E-state index in [0.717, 1.165) is 72.3 Å². The molecule has 0 aliphatic rings. The van der Waals surface area contributed by atoms with Gasteiger partial charge in [0, 0.05) is 49.1 Å². The van der Waals surface area contributed by atoms with Crippen LogP contribution in [0.2, 0.25) is 0 Å². The first kappa shape index (κ1) is 57.7. The molecule has 6 N–H and O–H groups in total. The maximum Gasteiger partial charge on any atom is 0.356 e. The maximum atomic E-state index is 10.6. The lowest BCUT2D eigenvalue weighted by molar-refractivity contribution is 0.0679. The van der Waals surface area contributed by atoms with E-state index in [4.69, 9.17) is 15.2 Å². The van der Waals surface area contributed by atoms with Crippen LogP contribution in [0.4, 0.5) is 0 Å². The second-order valence-corrected chi connectivity index (χ2v) is 18.8. The summed E-state index contributed by atoms with van der Waals surface area (Å²) in [4.78, 5) is 57.6. The molecule has 0 radical (unpaired) electrons. The topological polar surface area (TPSA) is 281 Å². The Morgan fingerprint density at radius 3 is 1.48 bits per heavy atom. The molecule has 0 aliphatic carbocycles. The Hall–Kier alpha value is -12.5. The van der Waals surface area contributed by atoms with E-state index in [1.807, 2.05) is 188 Å². The van der Waals surface area contributed by atoms with E-state index in [9.17, 15) is 30.0 Å². The largest absolute Gasteiger partial charge is 0.507 e. The molecule has 0 saturated heterocycles. The minimum Gasteiger partial charge on any atom is -0.507 e. The average Bonchev–Trinajstić information content (AvgIpc) is 2.18. The number of hydrogen-bond acceptors (Lipinski definition) is 15.